The lowest BCUT2D eigenvalue weighted by Crippen LogP contribution is -2.33. The molecule has 7 nitrogen and oxygen atoms in total. The van der Waals surface area contributed by atoms with E-state index < -0.39 is 5.69 Å². The molecule has 2 aliphatic heterocycles. The van der Waals surface area contributed by atoms with Gasteiger partial charge in [-0.25, -0.2) is 4.79 Å². The van der Waals surface area contributed by atoms with E-state index in [0.717, 1.165) is 0 Å². The van der Waals surface area contributed by atoms with Gasteiger partial charge in [0.05, 0.1) is 6.54 Å². The Hall–Kier alpha value is -1.44. The van der Waals surface area contributed by atoms with Crippen LogP contribution in [0.3, 0.4) is 0 Å². The third kappa shape index (κ3) is 1.72. The lowest BCUT2D eigenvalue weighted by Gasteiger charge is -2.14. The fourth-order valence-electron chi connectivity index (χ4n) is 2.22. The Bertz CT molecular complexity index is 537. The summed E-state index contributed by atoms with van der Waals surface area (Å²) in [5.74, 6) is 0. The van der Waals surface area contributed by atoms with Crippen molar-refractivity contribution in [2.45, 2.75) is 31.8 Å². The molecule has 0 radical (unpaired) electrons. The van der Waals surface area contributed by atoms with Gasteiger partial charge in [-0.3, -0.25) is 19.2 Å². The molecule has 1 aromatic rings. The summed E-state index contributed by atoms with van der Waals surface area (Å²) in [6.45, 7) is 2.28. The zero-order valence-electron chi connectivity index (χ0n) is 9.30. The minimum Gasteiger partial charge on any atom is -0.350 e. The van der Waals surface area contributed by atoms with Crippen molar-refractivity contribution in [3.63, 3.8) is 0 Å². The summed E-state index contributed by atoms with van der Waals surface area (Å²) < 4.78 is 7.12. The number of ether oxygens (including phenoxy) is 1. The second-order valence-corrected chi connectivity index (χ2v) is 4.35. The molecule has 3 rings (SSSR count). The van der Waals surface area contributed by atoms with Crippen LogP contribution in [0.5, 0.6) is 0 Å². The molecule has 0 saturated carbocycles. The minimum atomic E-state index is -0.446. The van der Waals surface area contributed by atoms with Gasteiger partial charge < -0.3 is 4.74 Å². The van der Waals surface area contributed by atoms with E-state index in [1.54, 1.807) is 6.92 Å². The largest absolute Gasteiger partial charge is 0.350 e. The molecule has 0 bridgehead atoms. The fraction of sp³-hybridized carbons (Fsp3) is 0.600. The van der Waals surface area contributed by atoms with Gasteiger partial charge in [0.1, 0.15) is 18.4 Å². The van der Waals surface area contributed by atoms with Gasteiger partial charge in [-0.15, -0.1) is 0 Å². The molecule has 92 valence electrons. The second kappa shape index (κ2) is 3.80. The highest BCUT2D eigenvalue weighted by Crippen LogP contribution is 2.31. The molecule has 1 unspecified atom stereocenters. The molecule has 7 heteroatoms. The molecule has 2 fully saturated rings. The summed E-state index contributed by atoms with van der Waals surface area (Å²) in [5, 5.41) is 0. The Balaban J connectivity index is 1.93. The molecule has 3 heterocycles. The lowest BCUT2D eigenvalue weighted by molar-refractivity contribution is 0.00393. The minimum absolute atomic E-state index is 0.0286. The maximum absolute atomic E-state index is 11.7. The van der Waals surface area contributed by atoms with Gasteiger partial charge in [0.15, 0.2) is 0 Å². The maximum atomic E-state index is 11.7. The molecule has 0 amide bonds. The van der Waals surface area contributed by atoms with E-state index >= 15 is 0 Å². The highest BCUT2D eigenvalue weighted by Gasteiger charge is 2.41. The van der Waals surface area contributed by atoms with Gasteiger partial charge in [0.2, 0.25) is 0 Å². The van der Waals surface area contributed by atoms with E-state index in [4.69, 9.17) is 9.57 Å². The number of hydrogen-bond acceptors (Lipinski definition) is 5. The predicted molar refractivity (Wildman–Crippen MR) is 57.5 cm³/mol. The van der Waals surface area contributed by atoms with Crippen LogP contribution in [0.15, 0.2) is 15.8 Å². The highest BCUT2D eigenvalue weighted by atomic mass is 16.7. The van der Waals surface area contributed by atoms with Crippen molar-refractivity contribution < 1.29 is 9.57 Å². The maximum Gasteiger partial charge on any atom is 0.330 e. The number of aromatic amines is 1. The van der Waals surface area contributed by atoms with Crippen LogP contribution < -0.4 is 16.7 Å². The SMILES string of the molecule is Cc1cn(C2C[C@H]3ONC[C@H]3O2)c(=O)[nH]c1=O. The summed E-state index contributed by atoms with van der Waals surface area (Å²) in [5.41, 5.74) is 2.45. The van der Waals surface area contributed by atoms with Gasteiger partial charge in [-0.1, -0.05) is 0 Å². The first kappa shape index (κ1) is 10.7. The molecule has 0 spiro atoms. The zero-order valence-corrected chi connectivity index (χ0v) is 9.30. The lowest BCUT2D eigenvalue weighted by atomic mass is 10.2. The number of fused-ring (bicyclic) bond motifs is 1. The second-order valence-electron chi connectivity index (χ2n) is 4.35. The van der Waals surface area contributed by atoms with Crippen LogP contribution in [0.25, 0.3) is 0 Å². The third-order valence-electron chi connectivity index (χ3n) is 3.16. The van der Waals surface area contributed by atoms with Crippen molar-refractivity contribution >= 4 is 0 Å². The average Bonchev–Trinajstić information content (AvgIpc) is 2.83. The van der Waals surface area contributed by atoms with E-state index in [1.807, 2.05) is 0 Å². The van der Waals surface area contributed by atoms with Crippen LogP contribution in [0.4, 0.5) is 0 Å². The Morgan fingerprint density at radius 3 is 3.00 bits per heavy atom. The Labute approximate surface area is 96.3 Å². The van der Waals surface area contributed by atoms with Crippen molar-refractivity contribution in [1.29, 1.82) is 0 Å². The molecular formula is C10H13N3O4. The summed E-state index contributed by atoms with van der Waals surface area (Å²) in [7, 11) is 0. The first-order chi connectivity index (χ1) is 8.15. The highest BCUT2D eigenvalue weighted by molar-refractivity contribution is 5.02. The predicted octanol–water partition coefficient (Wildman–Crippen LogP) is -0.964. The van der Waals surface area contributed by atoms with Crippen LogP contribution >= 0.6 is 0 Å². The normalized spacial score (nSPS) is 31.7. The van der Waals surface area contributed by atoms with Gasteiger partial charge >= 0.3 is 5.69 Å². The molecule has 2 saturated heterocycles. The van der Waals surface area contributed by atoms with E-state index in [-0.39, 0.29) is 24.0 Å². The molecular weight excluding hydrogens is 226 g/mol. The molecule has 17 heavy (non-hydrogen) atoms. The Kier molecular flexibility index (Phi) is 2.39. The topological polar surface area (TPSA) is 85.3 Å². The van der Waals surface area contributed by atoms with Crippen molar-refractivity contribution in [3.05, 3.63) is 32.6 Å². The van der Waals surface area contributed by atoms with Crippen molar-refractivity contribution in [2.24, 2.45) is 0 Å². The van der Waals surface area contributed by atoms with Gasteiger partial charge in [-0.05, 0) is 6.92 Å². The number of rotatable bonds is 1. The molecule has 0 aliphatic carbocycles. The van der Waals surface area contributed by atoms with Crippen LogP contribution in [-0.4, -0.2) is 28.3 Å². The van der Waals surface area contributed by atoms with Crippen molar-refractivity contribution in [3.8, 4) is 0 Å². The van der Waals surface area contributed by atoms with Gasteiger partial charge in [0.25, 0.3) is 5.56 Å². The first-order valence-electron chi connectivity index (χ1n) is 5.51. The Morgan fingerprint density at radius 2 is 2.24 bits per heavy atom. The van der Waals surface area contributed by atoms with E-state index in [2.05, 4.69) is 10.5 Å². The quantitative estimate of drug-likeness (QED) is 0.659. The standard InChI is InChI=1S/C10H13N3O4/c1-5-4-13(10(15)12-9(5)14)8-2-6-7(16-8)3-11-17-6/h4,6-8,11H,2-3H2,1H3,(H,12,14,15)/t6-,7-,8?/m1/s1. The van der Waals surface area contributed by atoms with Gasteiger partial charge in [-0.2, -0.15) is 5.48 Å². The number of aromatic nitrogens is 2. The van der Waals surface area contributed by atoms with Crippen LogP contribution in [0, 0.1) is 6.92 Å². The zero-order chi connectivity index (χ0) is 12.0. The molecule has 2 aliphatic rings. The summed E-state index contributed by atoms with van der Waals surface area (Å²) in [6.07, 6.45) is 1.71. The monoisotopic (exact) mass is 239 g/mol. The molecule has 3 atom stereocenters. The average molecular weight is 239 g/mol. The first-order valence-corrected chi connectivity index (χ1v) is 5.51. The number of nitrogens with zero attached hydrogens (tertiary/aromatic N) is 1. The smallest absolute Gasteiger partial charge is 0.330 e. The fourth-order valence-corrected chi connectivity index (χ4v) is 2.22. The number of H-pyrrole nitrogens is 1. The summed E-state index contributed by atoms with van der Waals surface area (Å²) in [6, 6.07) is 0. The molecule has 2 N–H and O–H groups in total. The molecule has 0 aromatic carbocycles. The summed E-state index contributed by atoms with van der Waals surface area (Å²) in [4.78, 5) is 30.5. The van der Waals surface area contributed by atoms with Crippen molar-refractivity contribution in [1.82, 2.24) is 15.0 Å². The van der Waals surface area contributed by atoms with E-state index in [1.165, 1.54) is 10.8 Å². The number of hydrogen-bond donors (Lipinski definition) is 2. The number of nitrogens with one attached hydrogen (secondary N) is 2. The molecule has 1 aromatic heterocycles. The van der Waals surface area contributed by atoms with Crippen molar-refractivity contribution in [2.75, 3.05) is 6.54 Å². The number of hydroxylamine groups is 1. The third-order valence-corrected chi connectivity index (χ3v) is 3.16. The van der Waals surface area contributed by atoms with Crippen LogP contribution in [0.1, 0.15) is 18.2 Å². The number of aryl methyl sites for hydroxylation is 1. The summed E-state index contributed by atoms with van der Waals surface area (Å²) >= 11 is 0. The Morgan fingerprint density at radius 1 is 1.41 bits per heavy atom. The van der Waals surface area contributed by atoms with E-state index in [9.17, 15) is 9.59 Å². The van der Waals surface area contributed by atoms with E-state index in [0.29, 0.717) is 18.5 Å². The van der Waals surface area contributed by atoms with Gasteiger partial charge in [0, 0.05) is 18.2 Å². The van der Waals surface area contributed by atoms with Crippen LogP contribution in [-0.2, 0) is 9.57 Å². The van der Waals surface area contributed by atoms with Crippen LogP contribution in [0.2, 0.25) is 0 Å².